The lowest BCUT2D eigenvalue weighted by molar-refractivity contribution is -0.142. The number of unbranched alkanes of at least 4 members (excludes halogenated alkanes) is 11. The number of carboxylic acid groups (broad SMARTS) is 1. The summed E-state index contributed by atoms with van der Waals surface area (Å²) in [7, 11) is 0. The Morgan fingerprint density at radius 3 is 1.34 bits per heavy atom. The van der Waals surface area contributed by atoms with Crippen LogP contribution in [0.4, 0.5) is 5.69 Å². The number of nitrogens with one attached hydrogen (secondary N) is 5. The van der Waals surface area contributed by atoms with Gasteiger partial charge in [-0.2, -0.15) is 11.8 Å². The average molecular weight is 986 g/mol. The SMILES string of the molecule is CSCC[C@H](NC(=O)CCCCCCCCCCCCCCC(=O)N[C@@H](Cc1ccc(N)cc1)C(=O)N[C@@H](Cc1ccccc1)C(=O)O)C(=O)N[C@@H](CC(C)C)C(=O)N[C@@H](Cc1ccccc1)C(N)=O. The van der Waals surface area contributed by atoms with Crippen molar-refractivity contribution in [3.05, 3.63) is 102 Å². The molecule has 3 aromatic carbocycles. The molecule has 0 aliphatic carbocycles. The Labute approximate surface area is 419 Å². The normalized spacial score (nSPS) is 13.3. The Morgan fingerprint density at radius 2 is 0.886 bits per heavy atom. The predicted molar refractivity (Wildman–Crippen MR) is 278 cm³/mol. The Hall–Kier alpha value is -5.90. The third kappa shape index (κ3) is 24.6. The molecule has 70 heavy (non-hydrogen) atoms. The van der Waals surface area contributed by atoms with Gasteiger partial charge >= 0.3 is 5.97 Å². The van der Waals surface area contributed by atoms with Gasteiger partial charge in [-0.3, -0.25) is 28.8 Å². The predicted octanol–water partition coefficient (Wildman–Crippen LogP) is 6.55. The van der Waals surface area contributed by atoms with Gasteiger partial charge in [-0.05, 0) is 72.4 Å². The second-order valence-electron chi connectivity index (χ2n) is 18.6. The first kappa shape index (κ1) is 58.4. The number of hydrogen-bond acceptors (Lipinski definition) is 9. The first-order chi connectivity index (χ1) is 33.6. The number of anilines is 1. The standard InChI is InChI=1S/C54H79N7O8S/c1-38(2)34-45(52(66)59-44(50(56)64)35-39-22-16-14-17-23-39)60-51(65)43(32-33-70-3)57-48(62)26-20-12-10-8-6-4-5-7-9-11-13-21-27-49(63)58-46(36-41-28-30-42(55)31-29-41)53(67)61-47(54(68)69)37-40-24-18-15-19-25-40/h14-19,22-25,28-31,38,43-47H,4-13,20-21,26-27,32-37,55H2,1-3H3,(H2,56,64)(H,57,62)(H,58,63)(H,59,66)(H,60,65)(H,61,67)(H,68,69)/t43-,44-,45-,46-,47-/m0/s1. The highest BCUT2D eigenvalue weighted by molar-refractivity contribution is 7.98. The fourth-order valence-electron chi connectivity index (χ4n) is 8.12. The second kappa shape index (κ2) is 33.6. The molecule has 0 radical (unpaired) electrons. The number of aliphatic carboxylic acids is 1. The Bertz CT molecular complexity index is 2040. The van der Waals surface area contributed by atoms with Crippen LogP contribution in [0.5, 0.6) is 0 Å². The van der Waals surface area contributed by atoms with E-state index in [4.69, 9.17) is 11.5 Å². The van der Waals surface area contributed by atoms with Crippen molar-refractivity contribution >= 4 is 58.9 Å². The molecule has 0 heterocycles. The van der Waals surface area contributed by atoms with Crippen LogP contribution in [0.3, 0.4) is 0 Å². The summed E-state index contributed by atoms with van der Waals surface area (Å²) in [4.78, 5) is 90.7. The van der Waals surface area contributed by atoms with Gasteiger partial charge in [0.1, 0.15) is 30.2 Å². The van der Waals surface area contributed by atoms with Crippen molar-refractivity contribution in [1.82, 2.24) is 26.6 Å². The van der Waals surface area contributed by atoms with Crippen molar-refractivity contribution in [2.24, 2.45) is 11.7 Å². The molecule has 0 saturated heterocycles. The lowest BCUT2D eigenvalue weighted by atomic mass is 10.0. The minimum absolute atomic E-state index is 0.0643. The molecule has 3 aromatic rings. The molecule has 0 saturated carbocycles. The third-order valence-corrected chi connectivity index (χ3v) is 12.7. The summed E-state index contributed by atoms with van der Waals surface area (Å²) < 4.78 is 0. The molecule has 5 atom stereocenters. The molecule has 0 unspecified atom stereocenters. The number of carbonyl (C=O) groups is 7. The van der Waals surface area contributed by atoms with E-state index in [-0.39, 0.29) is 43.4 Å². The van der Waals surface area contributed by atoms with Crippen LogP contribution in [-0.4, -0.2) is 88.7 Å². The Morgan fingerprint density at radius 1 is 0.500 bits per heavy atom. The second-order valence-corrected chi connectivity index (χ2v) is 19.6. The summed E-state index contributed by atoms with van der Waals surface area (Å²) >= 11 is 1.57. The molecule has 15 nitrogen and oxygen atoms in total. The van der Waals surface area contributed by atoms with Crippen LogP contribution in [0, 0.1) is 5.92 Å². The van der Waals surface area contributed by atoms with Crippen LogP contribution in [0.1, 0.15) is 133 Å². The van der Waals surface area contributed by atoms with E-state index in [0.717, 1.165) is 80.9 Å². The minimum Gasteiger partial charge on any atom is -0.480 e. The number of benzene rings is 3. The van der Waals surface area contributed by atoms with Crippen molar-refractivity contribution in [2.75, 3.05) is 17.7 Å². The third-order valence-electron chi connectivity index (χ3n) is 12.1. The zero-order chi connectivity index (χ0) is 51.1. The van der Waals surface area contributed by atoms with Crippen LogP contribution in [0.2, 0.25) is 0 Å². The van der Waals surface area contributed by atoms with Gasteiger partial charge in [-0.1, -0.05) is 151 Å². The van der Waals surface area contributed by atoms with Crippen LogP contribution in [-0.2, 0) is 52.8 Å². The molecule has 10 N–H and O–H groups in total. The van der Waals surface area contributed by atoms with Crippen molar-refractivity contribution in [3.8, 4) is 0 Å². The summed E-state index contributed by atoms with van der Waals surface area (Å²) in [5.41, 5.74) is 14.5. The van der Waals surface area contributed by atoms with Gasteiger partial charge in [0.15, 0.2) is 0 Å². The summed E-state index contributed by atoms with van der Waals surface area (Å²) in [6.45, 7) is 3.88. The Kier molecular flexibility index (Phi) is 28.0. The highest BCUT2D eigenvalue weighted by Crippen LogP contribution is 2.15. The maximum atomic E-state index is 13.5. The van der Waals surface area contributed by atoms with E-state index >= 15 is 0 Å². The number of rotatable bonds is 36. The van der Waals surface area contributed by atoms with Crippen molar-refractivity contribution in [1.29, 1.82) is 0 Å². The van der Waals surface area contributed by atoms with Gasteiger partial charge in [-0.15, -0.1) is 0 Å². The zero-order valence-corrected chi connectivity index (χ0v) is 42.4. The van der Waals surface area contributed by atoms with Crippen molar-refractivity contribution < 1.29 is 38.7 Å². The average Bonchev–Trinajstić information content (AvgIpc) is 3.33. The molecule has 3 rings (SSSR count). The van der Waals surface area contributed by atoms with Gasteiger partial charge in [0.05, 0.1) is 0 Å². The highest BCUT2D eigenvalue weighted by Gasteiger charge is 2.30. The quantitative estimate of drug-likeness (QED) is 0.0230. The fourth-order valence-corrected chi connectivity index (χ4v) is 8.59. The number of thioether (sulfide) groups is 1. The van der Waals surface area contributed by atoms with Crippen molar-refractivity contribution in [2.45, 2.75) is 166 Å². The lowest BCUT2D eigenvalue weighted by Gasteiger charge is -2.26. The lowest BCUT2D eigenvalue weighted by Crippen LogP contribution is -2.57. The molecular weight excluding hydrogens is 907 g/mol. The number of carbonyl (C=O) groups excluding carboxylic acids is 6. The monoisotopic (exact) mass is 986 g/mol. The maximum absolute atomic E-state index is 13.5. The van der Waals surface area contributed by atoms with E-state index in [1.807, 2.05) is 68.6 Å². The fraction of sp³-hybridized carbons (Fsp3) is 0.537. The topological polar surface area (TPSA) is 252 Å². The summed E-state index contributed by atoms with van der Waals surface area (Å²) in [5.74, 6) is -3.05. The van der Waals surface area contributed by atoms with E-state index in [1.165, 1.54) is 0 Å². The van der Waals surface area contributed by atoms with Crippen molar-refractivity contribution in [3.63, 3.8) is 0 Å². The molecule has 384 valence electrons. The molecular formula is C54H79N7O8S. The number of carboxylic acids is 1. The van der Waals surface area contributed by atoms with Crippen LogP contribution < -0.4 is 38.1 Å². The number of nitrogen functional groups attached to an aromatic ring is 1. The van der Waals surface area contributed by atoms with E-state index in [9.17, 15) is 38.7 Å². The summed E-state index contributed by atoms with van der Waals surface area (Å²) in [5, 5.41) is 23.8. The molecule has 0 aliphatic rings. The summed E-state index contributed by atoms with van der Waals surface area (Å²) in [6.07, 6.45) is 15.7. The van der Waals surface area contributed by atoms with E-state index in [1.54, 1.807) is 48.2 Å². The molecule has 0 fully saturated rings. The van der Waals surface area contributed by atoms with Gasteiger partial charge in [-0.25, -0.2) is 4.79 Å². The number of amides is 6. The van der Waals surface area contributed by atoms with E-state index < -0.39 is 59.8 Å². The van der Waals surface area contributed by atoms with Crippen LogP contribution in [0.25, 0.3) is 0 Å². The van der Waals surface area contributed by atoms with Crippen LogP contribution >= 0.6 is 11.8 Å². The van der Waals surface area contributed by atoms with E-state index in [2.05, 4.69) is 26.6 Å². The Balaban J connectivity index is 1.30. The maximum Gasteiger partial charge on any atom is 0.326 e. The number of nitrogens with two attached hydrogens (primary N) is 2. The molecule has 16 heteroatoms. The molecule has 0 aliphatic heterocycles. The van der Waals surface area contributed by atoms with Crippen LogP contribution in [0.15, 0.2) is 84.9 Å². The molecule has 0 bridgehead atoms. The largest absolute Gasteiger partial charge is 0.480 e. The molecule has 6 amide bonds. The minimum atomic E-state index is -1.15. The molecule has 0 aromatic heterocycles. The van der Waals surface area contributed by atoms with Gasteiger partial charge in [0.2, 0.25) is 35.4 Å². The van der Waals surface area contributed by atoms with E-state index in [0.29, 0.717) is 43.5 Å². The number of primary amides is 1. The van der Waals surface area contributed by atoms with Gasteiger partial charge in [0, 0.05) is 37.8 Å². The van der Waals surface area contributed by atoms with Gasteiger partial charge < -0.3 is 43.2 Å². The smallest absolute Gasteiger partial charge is 0.326 e. The first-order valence-corrected chi connectivity index (χ1v) is 26.5. The van der Waals surface area contributed by atoms with Gasteiger partial charge in [0.25, 0.3) is 0 Å². The first-order valence-electron chi connectivity index (χ1n) is 25.1. The highest BCUT2D eigenvalue weighted by atomic mass is 32.2. The number of hydrogen-bond donors (Lipinski definition) is 8. The molecule has 0 spiro atoms. The zero-order valence-electron chi connectivity index (χ0n) is 41.6. The summed E-state index contributed by atoms with van der Waals surface area (Å²) in [6, 6.07) is 20.6.